The highest BCUT2D eigenvalue weighted by atomic mass is 79.9. The van der Waals surface area contributed by atoms with Crippen LogP contribution < -0.4 is 10.6 Å². The predicted molar refractivity (Wildman–Crippen MR) is 82.1 cm³/mol. The van der Waals surface area contributed by atoms with Gasteiger partial charge in [-0.1, -0.05) is 15.9 Å². The summed E-state index contributed by atoms with van der Waals surface area (Å²) in [5, 5.41) is 7.44. The molecule has 0 amide bonds. The number of anilines is 1. The van der Waals surface area contributed by atoms with Crippen LogP contribution in [-0.2, 0) is 0 Å². The third kappa shape index (κ3) is 2.53. The van der Waals surface area contributed by atoms with Gasteiger partial charge in [-0.3, -0.25) is 5.41 Å². The number of hydrogen-bond acceptors (Lipinski definition) is 4. The fourth-order valence-electron chi connectivity index (χ4n) is 2.26. The van der Waals surface area contributed by atoms with Gasteiger partial charge in [0.25, 0.3) is 0 Å². The SMILES string of the molecule is N=C(N)N1CCN(c2nc3ccc(Br)ccc-3n2)CC1. The molecule has 1 fully saturated rings. The molecule has 6 nitrogen and oxygen atoms in total. The molecule has 0 bridgehead atoms. The van der Waals surface area contributed by atoms with E-state index in [2.05, 4.69) is 30.8 Å². The van der Waals surface area contributed by atoms with Gasteiger partial charge in [-0.25, -0.2) is 9.97 Å². The van der Waals surface area contributed by atoms with Gasteiger partial charge in [-0.2, -0.15) is 0 Å². The van der Waals surface area contributed by atoms with Crippen molar-refractivity contribution >= 4 is 27.8 Å². The molecule has 3 rings (SSSR count). The maximum Gasteiger partial charge on any atom is 0.226 e. The van der Waals surface area contributed by atoms with Crippen molar-refractivity contribution in [2.45, 2.75) is 0 Å². The number of guanidine groups is 1. The third-order valence-electron chi connectivity index (χ3n) is 3.41. The minimum absolute atomic E-state index is 0.134. The van der Waals surface area contributed by atoms with E-state index in [4.69, 9.17) is 11.1 Å². The molecule has 0 atom stereocenters. The Balaban J connectivity index is 1.81. The number of nitrogens with one attached hydrogen (secondary N) is 1. The Labute approximate surface area is 125 Å². The van der Waals surface area contributed by atoms with Crippen LogP contribution in [0.15, 0.2) is 28.7 Å². The van der Waals surface area contributed by atoms with Crippen molar-refractivity contribution in [3.63, 3.8) is 0 Å². The van der Waals surface area contributed by atoms with E-state index in [0.29, 0.717) is 0 Å². The Hall–Kier alpha value is -1.89. The number of fused-ring (bicyclic) bond motifs is 1. The normalized spacial score (nSPS) is 15.7. The van der Waals surface area contributed by atoms with Crippen LogP contribution in [0.25, 0.3) is 11.4 Å². The van der Waals surface area contributed by atoms with Crippen LogP contribution in [0.3, 0.4) is 0 Å². The first kappa shape index (κ1) is 13.1. The lowest BCUT2D eigenvalue weighted by atomic mass is 10.3. The van der Waals surface area contributed by atoms with E-state index < -0.39 is 0 Å². The lowest BCUT2D eigenvalue weighted by Crippen LogP contribution is -2.51. The van der Waals surface area contributed by atoms with Gasteiger partial charge in [0, 0.05) is 30.7 Å². The highest BCUT2D eigenvalue weighted by Crippen LogP contribution is 2.24. The molecular weight excluding hydrogens is 320 g/mol. The molecular formula is C13H15BrN6. The molecule has 104 valence electrons. The number of aromatic nitrogens is 2. The van der Waals surface area contributed by atoms with E-state index in [1.165, 1.54) is 0 Å². The number of nitrogens with zero attached hydrogens (tertiary/aromatic N) is 4. The fraction of sp³-hybridized carbons (Fsp3) is 0.308. The van der Waals surface area contributed by atoms with Crippen molar-refractivity contribution < 1.29 is 0 Å². The molecule has 3 aliphatic rings. The number of nitrogens with two attached hydrogens (primary N) is 1. The van der Waals surface area contributed by atoms with Gasteiger partial charge in [0.05, 0.1) is 11.4 Å². The Morgan fingerprint density at radius 2 is 1.60 bits per heavy atom. The zero-order valence-corrected chi connectivity index (χ0v) is 12.5. The second kappa shape index (κ2) is 5.24. The summed E-state index contributed by atoms with van der Waals surface area (Å²) >= 11 is 3.44. The van der Waals surface area contributed by atoms with Crippen LogP contribution in [-0.4, -0.2) is 47.0 Å². The Morgan fingerprint density at radius 3 is 2.10 bits per heavy atom. The highest BCUT2D eigenvalue weighted by Gasteiger charge is 2.21. The molecule has 0 spiro atoms. The molecule has 0 saturated carbocycles. The number of halogens is 1. The quantitative estimate of drug-likeness (QED) is 0.607. The summed E-state index contributed by atoms with van der Waals surface area (Å²) in [4.78, 5) is 13.1. The summed E-state index contributed by atoms with van der Waals surface area (Å²) in [5.74, 6) is 0.889. The standard InChI is InChI=1S/C13H15BrN6/c14-9-1-3-10-11(4-2-9)18-13(17-10)20-7-5-19(6-8-20)12(15)16/h1-4H,5-8H2,(H3,15,16). The van der Waals surface area contributed by atoms with Crippen molar-refractivity contribution in [3.8, 4) is 11.4 Å². The van der Waals surface area contributed by atoms with Gasteiger partial charge in [0.15, 0.2) is 5.96 Å². The Morgan fingerprint density at radius 1 is 1.05 bits per heavy atom. The second-order valence-electron chi connectivity index (χ2n) is 4.70. The lowest BCUT2D eigenvalue weighted by molar-refractivity contribution is 0.378. The summed E-state index contributed by atoms with van der Waals surface area (Å²) in [6, 6.07) is 7.85. The van der Waals surface area contributed by atoms with Gasteiger partial charge in [0.2, 0.25) is 5.95 Å². The Kier molecular flexibility index (Phi) is 3.43. The number of rotatable bonds is 1. The zero-order chi connectivity index (χ0) is 14.1. The van der Waals surface area contributed by atoms with Crippen LogP contribution >= 0.6 is 15.9 Å². The molecule has 2 aliphatic heterocycles. The minimum Gasteiger partial charge on any atom is -0.370 e. The molecule has 20 heavy (non-hydrogen) atoms. The minimum atomic E-state index is 0.134. The van der Waals surface area contributed by atoms with Crippen molar-refractivity contribution in [3.05, 3.63) is 28.7 Å². The van der Waals surface area contributed by atoms with E-state index in [1.807, 2.05) is 29.2 Å². The first-order chi connectivity index (χ1) is 9.63. The van der Waals surface area contributed by atoms with Crippen LogP contribution in [0.4, 0.5) is 5.95 Å². The van der Waals surface area contributed by atoms with Gasteiger partial charge in [-0.15, -0.1) is 0 Å². The maximum absolute atomic E-state index is 7.44. The molecule has 1 aliphatic carbocycles. The van der Waals surface area contributed by atoms with Crippen molar-refractivity contribution in [2.24, 2.45) is 5.73 Å². The van der Waals surface area contributed by atoms with Crippen LogP contribution in [0.2, 0.25) is 0 Å². The van der Waals surface area contributed by atoms with E-state index in [0.717, 1.165) is 48.0 Å². The lowest BCUT2D eigenvalue weighted by Gasteiger charge is -2.34. The van der Waals surface area contributed by atoms with Gasteiger partial charge in [0.1, 0.15) is 0 Å². The fourth-order valence-corrected chi connectivity index (χ4v) is 2.53. The van der Waals surface area contributed by atoms with Crippen molar-refractivity contribution in [1.29, 1.82) is 5.41 Å². The van der Waals surface area contributed by atoms with Crippen LogP contribution in [0, 0.1) is 5.41 Å². The predicted octanol–water partition coefficient (Wildman–Crippen LogP) is 1.36. The van der Waals surface area contributed by atoms with E-state index in [9.17, 15) is 0 Å². The third-order valence-corrected chi connectivity index (χ3v) is 3.94. The summed E-state index contributed by atoms with van der Waals surface area (Å²) in [6.45, 7) is 3.04. The highest BCUT2D eigenvalue weighted by molar-refractivity contribution is 9.10. The molecule has 3 N–H and O–H groups in total. The number of imidazole rings is 1. The monoisotopic (exact) mass is 334 g/mol. The van der Waals surface area contributed by atoms with E-state index >= 15 is 0 Å². The molecule has 0 aromatic carbocycles. The van der Waals surface area contributed by atoms with Gasteiger partial charge < -0.3 is 15.5 Å². The summed E-state index contributed by atoms with van der Waals surface area (Å²) in [5.41, 5.74) is 7.27. The van der Waals surface area contributed by atoms with E-state index in [1.54, 1.807) is 0 Å². The van der Waals surface area contributed by atoms with Gasteiger partial charge in [-0.05, 0) is 24.3 Å². The first-order valence-corrected chi connectivity index (χ1v) is 7.20. The maximum atomic E-state index is 7.44. The molecule has 0 radical (unpaired) electrons. The molecule has 0 aromatic heterocycles. The smallest absolute Gasteiger partial charge is 0.226 e. The van der Waals surface area contributed by atoms with Crippen LogP contribution in [0.1, 0.15) is 0 Å². The Bertz CT molecular complexity index is 574. The second-order valence-corrected chi connectivity index (χ2v) is 5.62. The molecule has 7 heteroatoms. The average Bonchev–Trinajstić information content (AvgIpc) is 2.78. The average molecular weight is 335 g/mol. The molecule has 2 heterocycles. The summed E-state index contributed by atoms with van der Waals surface area (Å²) < 4.78 is 1.01. The van der Waals surface area contributed by atoms with Crippen LogP contribution in [0.5, 0.6) is 0 Å². The largest absolute Gasteiger partial charge is 0.370 e. The molecule has 1 saturated heterocycles. The zero-order valence-electron chi connectivity index (χ0n) is 10.9. The number of hydrogen-bond donors (Lipinski definition) is 2. The topological polar surface area (TPSA) is 82.1 Å². The number of piperazine rings is 1. The molecule has 0 aromatic rings. The first-order valence-electron chi connectivity index (χ1n) is 6.41. The molecule has 0 unspecified atom stereocenters. The van der Waals surface area contributed by atoms with E-state index in [-0.39, 0.29) is 5.96 Å². The van der Waals surface area contributed by atoms with Crippen molar-refractivity contribution in [2.75, 3.05) is 31.1 Å². The summed E-state index contributed by atoms with van der Waals surface area (Å²) in [6.07, 6.45) is 0. The summed E-state index contributed by atoms with van der Waals surface area (Å²) in [7, 11) is 0. The van der Waals surface area contributed by atoms with Crippen molar-refractivity contribution in [1.82, 2.24) is 14.9 Å². The van der Waals surface area contributed by atoms with Gasteiger partial charge >= 0.3 is 0 Å².